The number of nitrogens with zero attached hydrogens (tertiary/aromatic N) is 2. The van der Waals surface area contributed by atoms with Gasteiger partial charge in [0.2, 0.25) is 0 Å². The van der Waals surface area contributed by atoms with E-state index in [1.54, 1.807) is 24.3 Å². The third-order valence-electron chi connectivity index (χ3n) is 4.37. The Balaban J connectivity index is 1.53. The van der Waals surface area contributed by atoms with Gasteiger partial charge in [-0.15, -0.1) is 0 Å². The van der Waals surface area contributed by atoms with E-state index in [0.29, 0.717) is 10.0 Å². The molecule has 5 nitrogen and oxygen atoms in total. The highest BCUT2D eigenvalue weighted by Gasteiger charge is 2.33. The average molecular weight is 412 g/mol. The number of hydrogen-bond acceptors (Lipinski definition) is 2. The number of amides is 3. The Morgan fingerprint density at radius 2 is 1.75 bits per heavy atom. The second-order valence-electron chi connectivity index (χ2n) is 6.32. The summed E-state index contributed by atoms with van der Waals surface area (Å²) in [6.07, 6.45) is 5.45. The summed E-state index contributed by atoms with van der Waals surface area (Å²) in [7, 11) is 0. The quantitative estimate of drug-likeness (QED) is 0.491. The predicted molar refractivity (Wildman–Crippen MR) is 109 cm³/mol. The van der Waals surface area contributed by atoms with Crippen LogP contribution in [0.1, 0.15) is 11.1 Å². The van der Waals surface area contributed by atoms with Crippen molar-refractivity contribution in [3.05, 3.63) is 93.9 Å². The number of urea groups is 1. The molecule has 0 saturated carbocycles. The largest absolute Gasteiger partial charge is 0.329 e. The van der Waals surface area contributed by atoms with E-state index in [-0.39, 0.29) is 18.1 Å². The maximum atomic E-state index is 12.7. The molecule has 0 bridgehead atoms. The Labute approximate surface area is 171 Å². The SMILES string of the molecule is O=C1N/C(=C/c2ccn(-c3ccccc3)c2)C(=O)N1Cc1ccc(Cl)c(Cl)c1. The summed E-state index contributed by atoms with van der Waals surface area (Å²) >= 11 is 11.9. The van der Waals surface area contributed by atoms with Gasteiger partial charge in [-0.2, -0.15) is 0 Å². The normalized spacial score (nSPS) is 15.4. The first-order chi connectivity index (χ1) is 13.5. The first-order valence-corrected chi connectivity index (χ1v) is 9.29. The van der Waals surface area contributed by atoms with Gasteiger partial charge in [0.15, 0.2) is 0 Å². The van der Waals surface area contributed by atoms with Gasteiger partial charge < -0.3 is 9.88 Å². The molecular weight excluding hydrogens is 397 g/mol. The number of halogens is 2. The Bertz CT molecular complexity index is 1090. The predicted octanol–water partition coefficient (Wildman–Crippen LogP) is 4.88. The number of rotatable bonds is 4. The summed E-state index contributed by atoms with van der Waals surface area (Å²) in [5, 5.41) is 3.43. The van der Waals surface area contributed by atoms with Crippen LogP contribution < -0.4 is 5.32 Å². The van der Waals surface area contributed by atoms with Gasteiger partial charge in [0, 0.05) is 18.1 Å². The van der Waals surface area contributed by atoms with Crippen LogP contribution in [0.25, 0.3) is 11.8 Å². The van der Waals surface area contributed by atoms with Gasteiger partial charge in [0.25, 0.3) is 5.91 Å². The lowest BCUT2D eigenvalue weighted by Gasteiger charge is -2.12. The number of carbonyl (C=O) groups is 2. The summed E-state index contributed by atoms with van der Waals surface area (Å²) in [5.41, 5.74) is 2.77. The third kappa shape index (κ3) is 3.67. The van der Waals surface area contributed by atoms with Gasteiger partial charge in [-0.1, -0.05) is 47.5 Å². The monoisotopic (exact) mass is 411 g/mol. The van der Waals surface area contributed by atoms with Crippen LogP contribution in [0.2, 0.25) is 10.0 Å². The van der Waals surface area contributed by atoms with Crippen molar-refractivity contribution >= 4 is 41.2 Å². The minimum absolute atomic E-state index is 0.115. The fourth-order valence-corrected chi connectivity index (χ4v) is 3.28. The van der Waals surface area contributed by atoms with Crippen molar-refractivity contribution in [2.75, 3.05) is 0 Å². The standard InChI is InChI=1S/C21H15Cl2N3O2/c22-17-7-6-14(10-18(17)23)13-26-20(27)19(24-21(26)28)11-15-8-9-25(12-15)16-4-2-1-3-5-16/h1-12H,13H2,(H,24,28)/b19-11+. The third-order valence-corrected chi connectivity index (χ3v) is 5.11. The first-order valence-electron chi connectivity index (χ1n) is 8.53. The summed E-state index contributed by atoms with van der Waals surface area (Å²) in [6, 6.07) is 16.3. The van der Waals surface area contributed by atoms with E-state index in [4.69, 9.17) is 23.2 Å². The molecule has 3 amide bonds. The van der Waals surface area contributed by atoms with Crippen molar-refractivity contribution in [2.45, 2.75) is 6.54 Å². The lowest BCUT2D eigenvalue weighted by Crippen LogP contribution is -2.30. The molecule has 1 fully saturated rings. The summed E-state index contributed by atoms with van der Waals surface area (Å²) in [5.74, 6) is -0.386. The minimum Gasteiger partial charge on any atom is -0.323 e. The Morgan fingerprint density at radius 3 is 2.50 bits per heavy atom. The molecule has 4 rings (SSSR count). The highest BCUT2D eigenvalue weighted by atomic mass is 35.5. The maximum absolute atomic E-state index is 12.7. The number of nitrogens with one attached hydrogen (secondary N) is 1. The molecule has 1 N–H and O–H groups in total. The summed E-state index contributed by atoms with van der Waals surface area (Å²) < 4.78 is 1.95. The lowest BCUT2D eigenvalue weighted by atomic mass is 10.2. The van der Waals surface area contributed by atoms with Crippen LogP contribution in [0.15, 0.2) is 72.7 Å². The molecule has 140 valence electrons. The molecule has 1 saturated heterocycles. The molecule has 2 heterocycles. The van der Waals surface area contributed by atoms with Gasteiger partial charge in [0.05, 0.1) is 16.6 Å². The number of aromatic nitrogens is 1. The lowest BCUT2D eigenvalue weighted by molar-refractivity contribution is -0.123. The van der Waals surface area contributed by atoms with Gasteiger partial charge in [-0.05, 0) is 47.5 Å². The van der Waals surface area contributed by atoms with E-state index in [9.17, 15) is 9.59 Å². The van der Waals surface area contributed by atoms with E-state index in [1.165, 1.54) is 0 Å². The second-order valence-corrected chi connectivity index (χ2v) is 7.13. The highest BCUT2D eigenvalue weighted by Crippen LogP contribution is 2.24. The topological polar surface area (TPSA) is 54.3 Å². The Kier molecular flexibility index (Phi) is 4.94. The molecule has 0 radical (unpaired) electrons. The van der Waals surface area contributed by atoms with Crippen molar-refractivity contribution in [3.63, 3.8) is 0 Å². The number of benzene rings is 2. The number of hydrogen-bond donors (Lipinski definition) is 1. The second kappa shape index (κ2) is 7.54. The summed E-state index contributed by atoms with van der Waals surface area (Å²) in [4.78, 5) is 26.1. The molecule has 0 atom stereocenters. The van der Waals surface area contributed by atoms with Crippen LogP contribution in [-0.4, -0.2) is 21.4 Å². The molecule has 1 aromatic heterocycles. The van der Waals surface area contributed by atoms with E-state index in [2.05, 4.69) is 5.32 Å². The molecule has 7 heteroatoms. The zero-order valence-corrected chi connectivity index (χ0v) is 16.1. The summed E-state index contributed by atoms with van der Waals surface area (Å²) in [6.45, 7) is 0.115. The van der Waals surface area contributed by atoms with Crippen molar-refractivity contribution in [3.8, 4) is 5.69 Å². The fraction of sp³-hybridized carbons (Fsp3) is 0.0476. The van der Waals surface area contributed by atoms with Gasteiger partial charge in [-0.3, -0.25) is 9.69 Å². The molecule has 3 aromatic rings. The van der Waals surface area contributed by atoms with Crippen molar-refractivity contribution in [1.82, 2.24) is 14.8 Å². The molecule has 0 spiro atoms. The molecule has 2 aromatic carbocycles. The van der Waals surface area contributed by atoms with Crippen LogP contribution in [0, 0.1) is 0 Å². The van der Waals surface area contributed by atoms with E-state index in [1.807, 2.05) is 53.4 Å². The maximum Gasteiger partial charge on any atom is 0.329 e. The van der Waals surface area contributed by atoms with Crippen molar-refractivity contribution < 1.29 is 9.59 Å². The molecule has 1 aliphatic heterocycles. The van der Waals surface area contributed by atoms with E-state index >= 15 is 0 Å². The fourth-order valence-electron chi connectivity index (χ4n) is 2.96. The Morgan fingerprint density at radius 1 is 0.964 bits per heavy atom. The Hall–Kier alpha value is -3.02. The van der Waals surface area contributed by atoms with Crippen LogP contribution in [-0.2, 0) is 11.3 Å². The van der Waals surface area contributed by atoms with Crippen LogP contribution >= 0.6 is 23.2 Å². The van der Waals surface area contributed by atoms with E-state index in [0.717, 1.165) is 21.7 Å². The van der Waals surface area contributed by atoms with Crippen molar-refractivity contribution in [2.24, 2.45) is 0 Å². The first kappa shape index (κ1) is 18.3. The van der Waals surface area contributed by atoms with E-state index < -0.39 is 6.03 Å². The smallest absolute Gasteiger partial charge is 0.323 e. The molecule has 1 aliphatic rings. The van der Waals surface area contributed by atoms with Crippen LogP contribution in [0.5, 0.6) is 0 Å². The minimum atomic E-state index is -0.468. The van der Waals surface area contributed by atoms with Gasteiger partial charge in [-0.25, -0.2) is 4.79 Å². The highest BCUT2D eigenvalue weighted by molar-refractivity contribution is 6.42. The van der Waals surface area contributed by atoms with Crippen molar-refractivity contribution in [1.29, 1.82) is 0 Å². The molecule has 0 unspecified atom stereocenters. The zero-order valence-electron chi connectivity index (χ0n) is 14.6. The average Bonchev–Trinajstić information content (AvgIpc) is 3.26. The van der Waals surface area contributed by atoms with Crippen LogP contribution in [0.3, 0.4) is 0 Å². The number of para-hydroxylation sites is 1. The number of carbonyl (C=O) groups excluding carboxylic acids is 2. The molecule has 0 aliphatic carbocycles. The number of imide groups is 1. The molecule has 28 heavy (non-hydrogen) atoms. The molecular formula is C21H15Cl2N3O2. The van der Waals surface area contributed by atoms with Gasteiger partial charge in [0.1, 0.15) is 5.70 Å². The van der Waals surface area contributed by atoms with Gasteiger partial charge >= 0.3 is 6.03 Å². The zero-order chi connectivity index (χ0) is 19.7. The van der Waals surface area contributed by atoms with Crippen LogP contribution in [0.4, 0.5) is 4.79 Å².